The molecule has 2 rings (SSSR count). The van der Waals surface area contributed by atoms with Crippen LogP contribution in [0.2, 0.25) is 0 Å². The van der Waals surface area contributed by atoms with E-state index in [4.69, 9.17) is 8.92 Å². The zero-order chi connectivity index (χ0) is 20.7. The number of amides is 2. The van der Waals surface area contributed by atoms with Gasteiger partial charge in [-0.3, -0.25) is 0 Å². The third-order valence-electron chi connectivity index (χ3n) is 4.04. The number of hydrogen-bond acceptors (Lipinski definition) is 5. The average molecular weight is 407 g/mol. The first-order valence-electron chi connectivity index (χ1n) is 8.98. The molecule has 0 saturated carbocycles. The van der Waals surface area contributed by atoms with E-state index in [1.807, 2.05) is 20.8 Å². The second-order valence-corrected chi connectivity index (χ2v) is 7.96. The average Bonchev–Trinajstić information content (AvgIpc) is 2.67. The molecule has 0 aliphatic heterocycles. The molecule has 0 aliphatic carbocycles. The molecule has 0 aromatic heterocycles. The van der Waals surface area contributed by atoms with E-state index in [0.717, 1.165) is 5.56 Å². The Morgan fingerprint density at radius 1 is 1.04 bits per heavy atom. The molecule has 0 atom stereocenters. The predicted molar refractivity (Wildman–Crippen MR) is 107 cm³/mol. The molecule has 0 bridgehead atoms. The van der Waals surface area contributed by atoms with Gasteiger partial charge in [-0.1, -0.05) is 12.1 Å². The summed E-state index contributed by atoms with van der Waals surface area (Å²) in [5, 5.41) is 2.79. The van der Waals surface area contributed by atoms with Gasteiger partial charge in [-0.15, -0.1) is 0 Å². The summed E-state index contributed by atoms with van der Waals surface area (Å²) in [6, 6.07) is 12.5. The molecule has 0 aliphatic rings. The van der Waals surface area contributed by atoms with Crippen LogP contribution >= 0.6 is 0 Å². The Labute approximate surface area is 166 Å². The fraction of sp³-hybridized carbons (Fsp3) is 0.350. The Morgan fingerprint density at radius 3 is 2.11 bits per heavy atom. The van der Waals surface area contributed by atoms with E-state index in [-0.39, 0.29) is 22.7 Å². The minimum atomic E-state index is -3.94. The smallest absolute Gasteiger partial charge is 0.339 e. The summed E-state index contributed by atoms with van der Waals surface area (Å²) in [5.41, 5.74) is 0.870. The van der Waals surface area contributed by atoms with Gasteiger partial charge in [0.1, 0.15) is 16.4 Å². The van der Waals surface area contributed by atoms with Crippen molar-refractivity contribution in [3.63, 3.8) is 0 Å². The first-order chi connectivity index (χ1) is 13.3. The summed E-state index contributed by atoms with van der Waals surface area (Å²) in [6.07, 6.45) is 0. The zero-order valence-electron chi connectivity index (χ0n) is 16.5. The molecule has 0 heterocycles. The molecule has 0 unspecified atom stereocenters. The number of hydrogen-bond donors (Lipinski definition) is 1. The molecule has 0 spiro atoms. The molecule has 2 aromatic carbocycles. The second kappa shape index (κ2) is 9.45. The van der Waals surface area contributed by atoms with E-state index in [0.29, 0.717) is 18.8 Å². The van der Waals surface area contributed by atoms with Gasteiger partial charge in [0.2, 0.25) is 0 Å². The third-order valence-corrected chi connectivity index (χ3v) is 5.30. The first-order valence-corrected chi connectivity index (χ1v) is 10.4. The van der Waals surface area contributed by atoms with Crippen LogP contribution in [0.15, 0.2) is 53.4 Å². The number of carbonyl (C=O) groups is 1. The minimum absolute atomic E-state index is 0.0259. The lowest BCUT2D eigenvalue weighted by Gasteiger charge is -2.27. The topological polar surface area (TPSA) is 84.9 Å². The fourth-order valence-corrected chi connectivity index (χ4v) is 3.44. The Morgan fingerprint density at radius 2 is 1.61 bits per heavy atom. The maximum Gasteiger partial charge on any atom is 0.339 e. The van der Waals surface area contributed by atoms with Crippen LogP contribution in [0.1, 0.15) is 26.3 Å². The minimum Gasteiger partial charge on any atom is -0.497 e. The number of nitrogens with one attached hydrogen (secondary N) is 1. The van der Waals surface area contributed by atoms with Crippen molar-refractivity contribution in [1.29, 1.82) is 0 Å². The molecular formula is C20H26N2O5S. The van der Waals surface area contributed by atoms with Gasteiger partial charge in [0.25, 0.3) is 0 Å². The first kappa shape index (κ1) is 21.6. The Balaban J connectivity index is 2.09. The summed E-state index contributed by atoms with van der Waals surface area (Å²) in [5.74, 6) is 0.763. The molecule has 0 fully saturated rings. The molecule has 7 nitrogen and oxygen atoms in total. The molecule has 2 amide bonds. The molecule has 152 valence electrons. The quantitative estimate of drug-likeness (QED) is 0.679. The van der Waals surface area contributed by atoms with Gasteiger partial charge in [0, 0.05) is 19.1 Å². The largest absolute Gasteiger partial charge is 0.497 e. The third kappa shape index (κ3) is 5.63. The van der Waals surface area contributed by atoms with E-state index >= 15 is 0 Å². The highest BCUT2D eigenvalue weighted by Crippen LogP contribution is 2.22. The number of carbonyl (C=O) groups excluding carboxylic acids is 1. The Bertz CT molecular complexity index is 878. The maximum atomic E-state index is 12.4. The normalized spacial score (nSPS) is 11.2. The lowest BCUT2D eigenvalue weighted by Crippen LogP contribution is -2.43. The van der Waals surface area contributed by atoms with E-state index in [2.05, 4.69) is 5.32 Å². The Hall–Kier alpha value is -2.74. The van der Waals surface area contributed by atoms with Gasteiger partial charge in [0.05, 0.1) is 7.11 Å². The van der Waals surface area contributed by atoms with Crippen molar-refractivity contribution in [2.45, 2.75) is 38.3 Å². The van der Waals surface area contributed by atoms with Crippen molar-refractivity contribution >= 4 is 16.1 Å². The van der Waals surface area contributed by atoms with Gasteiger partial charge < -0.3 is 19.1 Å². The summed E-state index contributed by atoms with van der Waals surface area (Å²) in [7, 11) is -2.43. The van der Waals surface area contributed by atoms with Crippen molar-refractivity contribution < 1.29 is 22.1 Å². The van der Waals surface area contributed by atoms with Gasteiger partial charge >= 0.3 is 16.1 Å². The van der Waals surface area contributed by atoms with E-state index in [1.165, 1.54) is 19.2 Å². The van der Waals surface area contributed by atoms with Gasteiger partial charge in [0.15, 0.2) is 0 Å². The van der Waals surface area contributed by atoms with Crippen molar-refractivity contribution in [3.05, 3.63) is 54.1 Å². The molecule has 1 N–H and O–H groups in total. The number of benzene rings is 2. The van der Waals surface area contributed by atoms with Crippen LogP contribution in [0.5, 0.6) is 11.5 Å². The second-order valence-electron chi connectivity index (χ2n) is 6.41. The monoisotopic (exact) mass is 406 g/mol. The van der Waals surface area contributed by atoms with Crippen LogP contribution in [-0.4, -0.2) is 39.0 Å². The Kier molecular flexibility index (Phi) is 7.28. The number of urea groups is 1. The van der Waals surface area contributed by atoms with Crippen LogP contribution in [-0.2, 0) is 16.7 Å². The molecular weight excluding hydrogens is 380 g/mol. The highest BCUT2D eigenvalue weighted by atomic mass is 32.2. The van der Waals surface area contributed by atoms with Crippen LogP contribution in [0.4, 0.5) is 4.79 Å². The molecule has 2 aromatic rings. The van der Waals surface area contributed by atoms with Crippen molar-refractivity contribution in [1.82, 2.24) is 10.2 Å². The predicted octanol–water partition coefficient (Wildman–Crippen LogP) is 3.40. The fourth-order valence-electron chi connectivity index (χ4n) is 2.51. The van der Waals surface area contributed by atoms with E-state index in [9.17, 15) is 13.2 Å². The van der Waals surface area contributed by atoms with Crippen molar-refractivity contribution in [3.8, 4) is 11.5 Å². The molecule has 0 saturated heterocycles. The SMILES string of the molecule is CCNC(=O)N(Cc1ccc(OS(=O)(=O)c2ccc(OC)cc2)cc1)C(C)C. The standard InChI is InChI=1S/C20H26N2O5S/c1-5-21-20(23)22(15(2)3)14-16-6-8-18(9-7-16)27-28(24,25)19-12-10-17(26-4)11-13-19/h6-13,15H,5,14H2,1-4H3,(H,21,23). The summed E-state index contributed by atoms with van der Waals surface area (Å²) in [6.45, 7) is 6.71. The lowest BCUT2D eigenvalue weighted by molar-refractivity contribution is 0.180. The molecule has 0 radical (unpaired) electrons. The number of methoxy groups -OCH3 is 1. The number of rotatable bonds is 8. The van der Waals surface area contributed by atoms with Crippen LogP contribution in [0.3, 0.4) is 0 Å². The number of ether oxygens (including phenoxy) is 1. The van der Waals surface area contributed by atoms with Gasteiger partial charge in [-0.05, 0) is 62.7 Å². The zero-order valence-corrected chi connectivity index (χ0v) is 17.3. The van der Waals surface area contributed by atoms with Crippen LogP contribution in [0.25, 0.3) is 0 Å². The van der Waals surface area contributed by atoms with Gasteiger partial charge in [-0.2, -0.15) is 8.42 Å². The van der Waals surface area contributed by atoms with Gasteiger partial charge in [-0.25, -0.2) is 4.79 Å². The van der Waals surface area contributed by atoms with Crippen molar-refractivity contribution in [2.24, 2.45) is 0 Å². The highest BCUT2D eigenvalue weighted by Gasteiger charge is 2.18. The highest BCUT2D eigenvalue weighted by molar-refractivity contribution is 7.87. The van der Waals surface area contributed by atoms with Crippen LogP contribution in [0, 0.1) is 0 Å². The summed E-state index contributed by atoms with van der Waals surface area (Å²) >= 11 is 0. The maximum absolute atomic E-state index is 12.4. The molecule has 28 heavy (non-hydrogen) atoms. The van der Waals surface area contributed by atoms with Crippen LogP contribution < -0.4 is 14.2 Å². The summed E-state index contributed by atoms with van der Waals surface area (Å²) < 4.78 is 35.0. The van der Waals surface area contributed by atoms with Crippen molar-refractivity contribution in [2.75, 3.05) is 13.7 Å². The number of nitrogens with zero attached hydrogens (tertiary/aromatic N) is 1. The van der Waals surface area contributed by atoms with E-state index in [1.54, 1.807) is 41.3 Å². The van der Waals surface area contributed by atoms with E-state index < -0.39 is 10.1 Å². The summed E-state index contributed by atoms with van der Waals surface area (Å²) in [4.78, 5) is 13.9. The molecule has 8 heteroatoms. The lowest BCUT2D eigenvalue weighted by atomic mass is 10.2.